The summed E-state index contributed by atoms with van der Waals surface area (Å²) in [6.07, 6.45) is -0.782. The van der Waals surface area contributed by atoms with Crippen LogP contribution in [0.1, 0.15) is 25.5 Å². The molecule has 2 aromatic rings. The van der Waals surface area contributed by atoms with Gasteiger partial charge in [-0.15, -0.1) is 0 Å². The summed E-state index contributed by atoms with van der Waals surface area (Å²) in [6.45, 7) is 4.16. The molecule has 1 atom stereocenters. The van der Waals surface area contributed by atoms with Crippen molar-refractivity contribution in [1.82, 2.24) is 0 Å². The van der Waals surface area contributed by atoms with Gasteiger partial charge in [0.1, 0.15) is 11.6 Å². The molecule has 0 amide bonds. The summed E-state index contributed by atoms with van der Waals surface area (Å²) in [5.41, 5.74) is 2.02. The largest absolute Gasteiger partial charge is 0.389 e. The smallest absolute Gasteiger partial charge is 0.123 e. The van der Waals surface area contributed by atoms with Crippen LogP contribution in [0.25, 0.3) is 0 Å². The highest BCUT2D eigenvalue weighted by atomic mass is 19.1. The van der Waals surface area contributed by atoms with E-state index in [4.69, 9.17) is 0 Å². The van der Waals surface area contributed by atoms with E-state index in [1.807, 2.05) is 11.8 Å². The second kappa shape index (κ2) is 6.01. The highest BCUT2D eigenvalue weighted by Gasteiger charge is 2.15. The number of rotatable bonds is 4. The van der Waals surface area contributed by atoms with E-state index in [-0.39, 0.29) is 11.6 Å². The molecule has 0 saturated heterocycles. The van der Waals surface area contributed by atoms with Crippen LogP contribution < -0.4 is 4.90 Å². The zero-order chi connectivity index (χ0) is 14.7. The van der Waals surface area contributed by atoms with Crippen LogP contribution in [0.15, 0.2) is 42.5 Å². The van der Waals surface area contributed by atoms with E-state index >= 15 is 0 Å². The van der Waals surface area contributed by atoms with Gasteiger partial charge in [-0.25, -0.2) is 8.78 Å². The molecular formula is C16H17F2NO. The third-order valence-electron chi connectivity index (χ3n) is 3.18. The highest BCUT2D eigenvalue weighted by Crippen LogP contribution is 2.32. The molecule has 0 aromatic heterocycles. The molecule has 0 aliphatic carbocycles. The first kappa shape index (κ1) is 14.5. The lowest BCUT2D eigenvalue weighted by atomic mass is 10.1. The summed E-state index contributed by atoms with van der Waals surface area (Å²) in [6, 6.07) is 10.4. The van der Waals surface area contributed by atoms with Crippen molar-refractivity contribution >= 4 is 11.4 Å². The van der Waals surface area contributed by atoms with E-state index in [2.05, 4.69) is 0 Å². The molecule has 0 radical (unpaired) electrons. The van der Waals surface area contributed by atoms with Gasteiger partial charge in [0.15, 0.2) is 0 Å². The SMILES string of the molecule is CCN(c1ccc(F)cc1)c1ccc(F)cc1C(C)O. The first-order chi connectivity index (χ1) is 9.52. The lowest BCUT2D eigenvalue weighted by molar-refractivity contribution is 0.199. The van der Waals surface area contributed by atoms with E-state index in [9.17, 15) is 13.9 Å². The Morgan fingerprint density at radius 3 is 2.20 bits per heavy atom. The van der Waals surface area contributed by atoms with Gasteiger partial charge in [0.2, 0.25) is 0 Å². The topological polar surface area (TPSA) is 23.5 Å². The molecule has 1 unspecified atom stereocenters. The summed E-state index contributed by atoms with van der Waals surface area (Å²) in [7, 11) is 0. The van der Waals surface area contributed by atoms with Crippen LogP contribution in [0, 0.1) is 11.6 Å². The molecule has 0 heterocycles. The Balaban J connectivity index is 2.49. The fourth-order valence-corrected chi connectivity index (χ4v) is 2.22. The second-order valence-electron chi connectivity index (χ2n) is 4.60. The molecule has 106 valence electrons. The maximum absolute atomic E-state index is 13.4. The highest BCUT2D eigenvalue weighted by molar-refractivity contribution is 5.66. The average molecular weight is 277 g/mol. The van der Waals surface area contributed by atoms with Crippen LogP contribution in [0.5, 0.6) is 0 Å². The number of hydrogen-bond donors (Lipinski definition) is 1. The Morgan fingerprint density at radius 2 is 1.65 bits per heavy atom. The fourth-order valence-electron chi connectivity index (χ4n) is 2.22. The van der Waals surface area contributed by atoms with Gasteiger partial charge in [0, 0.05) is 23.5 Å². The van der Waals surface area contributed by atoms with Crippen molar-refractivity contribution in [2.45, 2.75) is 20.0 Å². The zero-order valence-electron chi connectivity index (χ0n) is 11.5. The molecule has 2 aromatic carbocycles. The van der Waals surface area contributed by atoms with Crippen molar-refractivity contribution in [3.63, 3.8) is 0 Å². The molecule has 0 saturated carbocycles. The number of hydrogen-bond acceptors (Lipinski definition) is 2. The van der Waals surface area contributed by atoms with Gasteiger partial charge in [-0.1, -0.05) is 0 Å². The number of aliphatic hydroxyl groups is 1. The zero-order valence-corrected chi connectivity index (χ0v) is 11.5. The van der Waals surface area contributed by atoms with E-state index in [0.29, 0.717) is 12.1 Å². The number of anilines is 2. The lowest BCUT2D eigenvalue weighted by Gasteiger charge is -2.27. The maximum atomic E-state index is 13.4. The van der Waals surface area contributed by atoms with Gasteiger partial charge in [0.05, 0.1) is 6.10 Å². The Hall–Kier alpha value is -1.94. The van der Waals surface area contributed by atoms with Crippen LogP contribution >= 0.6 is 0 Å². The minimum absolute atomic E-state index is 0.306. The van der Waals surface area contributed by atoms with Gasteiger partial charge in [-0.05, 0) is 56.3 Å². The molecule has 0 spiro atoms. The third-order valence-corrected chi connectivity index (χ3v) is 3.18. The van der Waals surface area contributed by atoms with Gasteiger partial charge in [0.25, 0.3) is 0 Å². The first-order valence-electron chi connectivity index (χ1n) is 6.53. The summed E-state index contributed by atoms with van der Waals surface area (Å²) in [4.78, 5) is 1.90. The Kier molecular flexibility index (Phi) is 4.35. The average Bonchev–Trinajstić information content (AvgIpc) is 2.43. The summed E-state index contributed by atoms with van der Waals surface area (Å²) >= 11 is 0. The van der Waals surface area contributed by atoms with Crippen LogP contribution in [0.2, 0.25) is 0 Å². The molecule has 0 fully saturated rings. The molecule has 2 nitrogen and oxygen atoms in total. The normalized spacial score (nSPS) is 12.2. The standard InChI is InChI=1S/C16H17F2NO/c1-3-19(14-7-4-12(17)5-8-14)16-9-6-13(18)10-15(16)11(2)20/h4-11,20H,3H2,1-2H3. The minimum atomic E-state index is -0.782. The van der Waals surface area contributed by atoms with Crippen molar-refractivity contribution in [3.05, 3.63) is 59.7 Å². The Morgan fingerprint density at radius 1 is 1.05 bits per heavy atom. The van der Waals surface area contributed by atoms with Gasteiger partial charge < -0.3 is 10.0 Å². The van der Waals surface area contributed by atoms with Crippen LogP contribution in [0.3, 0.4) is 0 Å². The van der Waals surface area contributed by atoms with Crippen LogP contribution in [0.4, 0.5) is 20.2 Å². The van der Waals surface area contributed by atoms with Gasteiger partial charge >= 0.3 is 0 Å². The molecular weight excluding hydrogens is 260 g/mol. The molecule has 20 heavy (non-hydrogen) atoms. The van der Waals surface area contributed by atoms with Gasteiger partial charge in [-0.3, -0.25) is 0 Å². The Bertz CT molecular complexity index is 582. The fraction of sp³-hybridized carbons (Fsp3) is 0.250. The van der Waals surface area contributed by atoms with Crippen molar-refractivity contribution in [2.75, 3.05) is 11.4 Å². The van der Waals surface area contributed by atoms with Crippen molar-refractivity contribution in [3.8, 4) is 0 Å². The molecule has 0 bridgehead atoms. The molecule has 0 aliphatic heterocycles. The second-order valence-corrected chi connectivity index (χ2v) is 4.60. The molecule has 2 rings (SSSR count). The van der Waals surface area contributed by atoms with Crippen molar-refractivity contribution in [1.29, 1.82) is 0 Å². The van der Waals surface area contributed by atoms with Crippen molar-refractivity contribution < 1.29 is 13.9 Å². The van der Waals surface area contributed by atoms with E-state index in [1.165, 1.54) is 24.3 Å². The van der Waals surface area contributed by atoms with E-state index in [1.54, 1.807) is 25.1 Å². The summed E-state index contributed by atoms with van der Waals surface area (Å²) < 4.78 is 26.4. The maximum Gasteiger partial charge on any atom is 0.123 e. The predicted octanol–water partition coefficient (Wildman–Crippen LogP) is 4.18. The van der Waals surface area contributed by atoms with Crippen LogP contribution in [-0.4, -0.2) is 11.7 Å². The molecule has 4 heteroatoms. The number of aliphatic hydroxyl groups excluding tert-OH is 1. The number of halogens is 2. The molecule has 1 N–H and O–H groups in total. The van der Waals surface area contributed by atoms with Crippen LogP contribution in [-0.2, 0) is 0 Å². The lowest BCUT2D eigenvalue weighted by Crippen LogP contribution is -2.18. The monoisotopic (exact) mass is 277 g/mol. The summed E-state index contributed by atoms with van der Waals surface area (Å²) in [5.74, 6) is -0.695. The number of benzene rings is 2. The predicted molar refractivity (Wildman–Crippen MR) is 76.1 cm³/mol. The van der Waals surface area contributed by atoms with Crippen molar-refractivity contribution in [2.24, 2.45) is 0 Å². The molecule has 0 aliphatic rings. The minimum Gasteiger partial charge on any atom is -0.389 e. The first-order valence-corrected chi connectivity index (χ1v) is 6.53. The summed E-state index contributed by atoms with van der Waals surface area (Å²) in [5, 5.41) is 9.81. The van der Waals surface area contributed by atoms with Gasteiger partial charge in [-0.2, -0.15) is 0 Å². The van der Waals surface area contributed by atoms with E-state index < -0.39 is 6.10 Å². The van der Waals surface area contributed by atoms with E-state index in [0.717, 1.165) is 11.4 Å². The third kappa shape index (κ3) is 2.96. The number of nitrogens with zero attached hydrogens (tertiary/aromatic N) is 1. The Labute approximate surface area is 117 Å². The quantitative estimate of drug-likeness (QED) is 0.906.